The van der Waals surface area contributed by atoms with Crippen molar-refractivity contribution < 1.29 is 9.90 Å². The number of thiazole rings is 1. The minimum absolute atomic E-state index is 0.0316. The van der Waals surface area contributed by atoms with Crippen LogP contribution < -0.4 is 5.73 Å². The Kier molecular flexibility index (Phi) is 3.80. The van der Waals surface area contributed by atoms with Crippen LogP contribution in [0.15, 0.2) is 24.8 Å². The second-order valence-electron chi connectivity index (χ2n) is 5.00. The summed E-state index contributed by atoms with van der Waals surface area (Å²) in [7, 11) is 0. The summed E-state index contributed by atoms with van der Waals surface area (Å²) in [5.74, 6) is -0.166. The maximum absolute atomic E-state index is 12.3. The summed E-state index contributed by atoms with van der Waals surface area (Å²) in [5.41, 5.74) is 6.36. The highest BCUT2D eigenvalue weighted by Gasteiger charge is 2.35. The van der Waals surface area contributed by atoms with Crippen LogP contribution in [0.5, 0.6) is 0 Å². The number of likely N-dealkylation sites (tertiary alicyclic amines) is 1. The van der Waals surface area contributed by atoms with Crippen LogP contribution in [0.2, 0.25) is 0 Å². The van der Waals surface area contributed by atoms with Gasteiger partial charge in [0.2, 0.25) is 0 Å². The normalized spacial score (nSPS) is 21.7. The van der Waals surface area contributed by atoms with E-state index in [0.717, 1.165) is 17.0 Å². The third kappa shape index (κ3) is 3.01. The first kappa shape index (κ1) is 13.9. The van der Waals surface area contributed by atoms with E-state index >= 15 is 0 Å². The van der Waals surface area contributed by atoms with Crippen LogP contribution in [0, 0.1) is 5.92 Å². The summed E-state index contributed by atoms with van der Waals surface area (Å²) < 4.78 is 0. The number of amides is 1. The third-order valence-corrected chi connectivity index (χ3v) is 4.33. The molecule has 2 aromatic heterocycles. The number of nitrogens with zero attached hydrogens (tertiary/aromatic N) is 4. The number of aromatic nitrogens is 3. The molecule has 21 heavy (non-hydrogen) atoms. The second-order valence-corrected chi connectivity index (χ2v) is 6.06. The van der Waals surface area contributed by atoms with E-state index in [-0.39, 0.29) is 11.8 Å². The number of rotatable bonds is 3. The van der Waals surface area contributed by atoms with E-state index in [1.54, 1.807) is 23.5 Å². The molecule has 3 rings (SSSR count). The molecule has 1 aliphatic rings. The van der Waals surface area contributed by atoms with Crippen molar-refractivity contribution in [2.75, 3.05) is 18.8 Å². The van der Waals surface area contributed by atoms with Gasteiger partial charge in [-0.15, -0.1) is 0 Å². The highest BCUT2D eigenvalue weighted by atomic mass is 32.1. The molecule has 0 radical (unpaired) electrons. The number of hydrogen-bond acceptors (Lipinski definition) is 7. The fraction of sp³-hybridized carbons (Fsp3) is 0.385. The maximum Gasteiger partial charge on any atom is 0.265 e. The number of aliphatic hydroxyl groups is 1. The van der Waals surface area contributed by atoms with Gasteiger partial charge in [0.25, 0.3) is 5.91 Å². The first-order chi connectivity index (χ1) is 10.1. The molecule has 0 saturated carbocycles. The van der Waals surface area contributed by atoms with E-state index in [0.29, 0.717) is 29.5 Å². The van der Waals surface area contributed by atoms with Crippen LogP contribution in [-0.2, 0) is 6.42 Å². The van der Waals surface area contributed by atoms with Gasteiger partial charge in [-0.25, -0.2) is 4.98 Å². The summed E-state index contributed by atoms with van der Waals surface area (Å²) >= 11 is 1.16. The molecular weight excluding hydrogens is 290 g/mol. The summed E-state index contributed by atoms with van der Waals surface area (Å²) in [6.45, 7) is 0.815. The summed E-state index contributed by atoms with van der Waals surface area (Å²) in [5, 5.41) is 10.5. The largest absolute Gasteiger partial charge is 0.391 e. The molecule has 1 aliphatic heterocycles. The number of β-amino-alcohol motifs (C(OH)–C–C–N with tert-alkyl or cyclic N) is 1. The van der Waals surface area contributed by atoms with Crippen LogP contribution in [0.25, 0.3) is 0 Å². The lowest BCUT2D eigenvalue weighted by Crippen LogP contribution is -2.28. The Balaban J connectivity index is 1.67. The molecular formula is C13H15N5O2S. The van der Waals surface area contributed by atoms with Crippen molar-refractivity contribution in [2.24, 2.45) is 5.92 Å². The van der Waals surface area contributed by atoms with Crippen LogP contribution in [-0.4, -0.2) is 50.1 Å². The Morgan fingerprint density at radius 2 is 2.24 bits per heavy atom. The van der Waals surface area contributed by atoms with Gasteiger partial charge in [0.05, 0.1) is 18.0 Å². The Bertz CT molecular complexity index is 633. The van der Waals surface area contributed by atoms with Crippen LogP contribution in [0.3, 0.4) is 0 Å². The second kappa shape index (κ2) is 5.74. The van der Waals surface area contributed by atoms with Crippen LogP contribution in [0.4, 0.5) is 5.13 Å². The Labute approximate surface area is 125 Å². The number of carbonyl (C=O) groups is 1. The molecule has 110 valence electrons. The lowest BCUT2D eigenvalue weighted by Gasteiger charge is -2.14. The summed E-state index contributed by atoms with van der Waals surface area (Å²) in [4.78, 5) is 26.5. The number of nitrogen functional groups attached to an aromatic ring is 1. The Hall–Kier alpha value is -2.06. The Morgan fingerprint density at radius 3 is 2.90 bits per heavy atom. The number of anilines is 1. The van der Waals surface area contributed by atoms with Crippen molar-refractivity contribution in [3.05, 3.63) is 35.4 Å². The predicted molar refractivity (Wildman–Crippen MR) is 77.7 cm³/mol. The standard InChI is InChI=1S/C13H15N5O2S/c14-13-17-5-11(21-13)12(20)18-6-8(10(19)7-18)3-9-4-15-1-2-16-9/h1-2,4-5,8,10,19H,3,6-7H2,(H2,14,17)/t8-,10-/m1/s1. The predicted octanol–water partition coefficient (Wildman–Crippen LogP) is 0.191. The van der Waals surface area contributed by atoms with Gasteiger partial charge in [-0.2, -0.15) is 0 Å². The van der Waals surface area contributed by atoms with E-state index in [1.165, 1.54) is 6.20 Å². The zero-order valence-corrected chi connectivity index (χ0v) is 12.0. The van der Waals surface area contributed by atoms with Crippen molar-refractivity contribution in [1.82, 2.24) is 19.9 Å². The summed E-state index contributed by atoms with van der Waals surface area (Å²) in [6, 6.07) is 0. The zero-order chi connectivity index (χ0) is 14.8. The van der Waals surface area contributed by atoms with Gasteiger partial charge in [0, 0.05) is 37.6 Å². The summed E-state index contributed by atoms with van der Waals surface area (Å²) in [6.07, 6.45) is 6.44. The van der Waals surface area contributed by atoms with E-state index in [2.05, 4.69) is 15.0 Å². The maximum atomic E-state index is 12.3. The molecule has 1 amide bonds. The SMILES string of the molecule is Nc1ncc(C(=O)N2C[C@@H](Cc3cnccn3)[C@H](O)C2)s1. The molecule has 0 aliphatic carbocycles. The van der Waals surface area contributed by atoms with Crippen molar-refractivity contribution in [3.8, 4) is 0 Å². The van der Waals surface area contributed by atoms with Gasteiger partial charge >= 0.3 is 0 Å². The van der Waals surface area contributed by atoms with E-state index in [1.807, 2.05) is 0 Å². The molecule has 0 bridgehead atoms. The van der Waals surface area contributed by atoms with Crippen molar-refractivity contribution in [2.45, 2.75) is 12.5 Å². The minimum Gasteiger partial charge on any atom is -0.391 e. The monoisotopic (exact) mass is 305 g/mol. The highest BCUT2D eigenvalue weighted by Crippen LogP contribution is 2.24. The average molecular weight is 305 g/mol. The number of nitrogens with two attached hydrogens (primary N) is 1. The molecule has 2 atom stereocenters. The van der Waals surface area contributed by atoms with Crippen LogP contribution in [0.1, 0.15) is 15.4 Å². The molecule has 0 spiro atoms. The molecule has 3 N–H and O–H groups in total. The van der Waals surface area contributed by atoms with E-state index in [9.17, 15) is 9.90 Å². The average Bonchev–Trinajstić information content (AvgIpc) is 3.06. The topological polar surface area (TPSA) is 105 Å². The van der Waals surface area contributed by atoms with Crippen LogP contribution >= 0.6 is 11.3 Å². The van der Waals surface area contributed by atoms with E-state index in [4.69, 9.17) is 5.73 Å². The molecule has 0 unspecified atom stereocenters. The van der Waals surface area contributed by atoms with Gasteiger partial charge in [-0.1, -0.05) is 11.3 Å². The molecule has 1 saturated heterocycles. The van der Waals surface area contributed by atoms with Crippen molar-refractivity contribution in [3.63, 3.8) is 0 Å². The first-order valence-electron chi connectivity index (χ1n) is 6.57. The molecule has 3 heterocycles. The highest BCUT2D eigenvalue weighted by molar-refractivity contribution is 7.17. The Morgan fingerprint density at radius 1 is 1.38 bits per heavy atom. The van der Waals surface area contributed by atoms with E-state index < -0.39 is 6.10 Å². The fourth-order valence-electron chi connectivity index (χ4n) is 2.47. The molecule has 1 fully saturated rings. The number of aliphatic hydroxyl groups excluding tert-OH is 1. The number of carbonyl (C=O) groups excluding carboxylic acids is 1. The van der Waals surface area contributed by atoms with Gasteiger partial charge in [-0.3, -0.25) is 14.8 Å². The van der Waals surface area contributed by atoms with Gasteiger partial charge < -0.3 is 15.7 Å². The smallest absolute Gasteiger partial charge is 0.265 e. The van der Waals surface area contributed by atoms with Gasteiger partial charge in [-0.05, 0) is 6.42 Å². The molecule has 2 aromatic rings. The third-order valence-electron chi connectivity index (χ3n) is 3.52. The number of hydrogen-bond donors (Lipinski definition) is 2. The quantitative estimate of drug-likeness (QED) is 0.838. The first-order valence-corrected chi connectivity index (χ1v) is 7.38. The van der Waals surface area contributed by atoms with Crippen molar-refractivity contribution >= 4 is 22.4 Å². The molecule has 8 heteroatoms. The zero-order valence-electron chi connectivity index (χ0n) is 11.2. The lowest BCUT2D eigenvalue weighted by molar-refractivity contribution is 0.0769. The molecule has 0 aromatic carbocycles. The van der Waals surface area contributed by atoms with Crippen molar-refractivity contribution in [1.29, 1.82) is 0 Å². The lowest BCUT2D eigenvalue weighted by atomic mass is 10.0. The van der Waals surface area contributed by atoms with Gasteiger partial charge in [0.15, 0.2) is 5.13 Å². The molecule has 7 nitrogen and oxygen atoms in total. The van der Waals surface area contributed by atoms with Gasteiger partial charge in [0.1, 0.15) is 4.88 Å². The minimum atomic E-state index is -0.554. The fourth-order valence-corrected chi connectivity index (χ4v) is 3.12.